The Morgan fingerprint density at radius 1 is 1.29 bits per heavy atom. The molecule has 0 atom stereocenters. The van der Waals surface area contributed by atoms with Crippen molar-refractivity contribution in [3.63, 3.8) is 0 Å². The molecule has 1 aliphatic carbocycles. The monoisotopic (exact) mass is 254 g/mol. The van der Waals surface area contributed by atoms with Crippen molar-refractivity contribution in [3.8, 4) is 0 Å². The maximum atomic E-state index is 11.9. The first-order chi connectivity index (χ1) is 8.09. The zero-order valence-electron chi connectivity index (χ0n) is 9.72. The Kier molecular flexibility index (Phi) is 3.81. The van der Waals surface area contributed by atoms with Crippen molar-refractivity contribution in [2.45, 2.75) is 37.6 Å². The van der Waals surface area contributed by atoms with E-state index in [0.717, 1.165) is 30.4 Å². The van der Waals surface area contributed by atoms with Crippen LogP contribution in [0.15, 0.2) is 24.3 Å². The fourth-order valence-electron chi connectivity index (χ4n) is 1.89. The molecule has 0 saturated heterocycles. The average molecular weight is 254 g/mol. The van der Waals surface area contributed by atoms with Crippen molar-refractivity contribution in [3.05, 3.63) is 35.4 Å². The minimum absolute atomic E-state index is 0.0390. The van der Waals surface area contributed by atoms with Gasteiger partial charge in [-0.3, -0.25) is 0 Å². The number of nitrogens with one attached hydrogen (secondary N) is 1. The second-order valence-corrected chi connectivity index (χ2v) is 6.28. The van der Waals surface area contributed by atoms with Crippen LogP contribution in [0, 0.1) is 0 Å². The van der Waals surface area contributed by atoms with Gasteiger partial charge in [-0.15, -0.1) is 0 Å². The number of hydrogen-bond donors (Lipinski definition) is 2. The van der Waals surface area contributed by atoms with Gasteiger partial charge in [-0.25, -0.2) is 13.1 Å². The molecule has 0 amide bonds. The third-order valence-corrected chi connectivity index (χ3v) is 4.44. The fraction of sp³-hybridized carbons (Fsp3) is 0.500. The first kappa shape index (κ1) is 12.5. The number of benzene rings is 1. The summed E-state index contributed by atoms with van der Waals surface area (Å²) < 4.78 is 26.4. The van der Waals surface area contributed by atoms with Crippen LogP contribution < -0.4 is 10.5 Å². The van der Waals surface area contributed by atoms with E-state index >= 15 is 0 Å². The number of sulfonamides is 1. The van der Waals surface area contributed by atoms with Gasteiger partial charge in [0, 0.05) is 12.6 Å². The molecule has 1 aromatic carbocycles. The summed E-state index contributed by atoms with van der Waals surface area (Å²) >= 11 is 0. The smallest absolute Gasteiger partial charge is 0.216 e. The highest BCUT2D eigenvalue weighted by atomic mass is 32.2. The highest BCUT2D eigenvalue weighted by Crippen LogP contribution is 2.19. The molecular formula is C12H18N2O2S. The molecule has 0 spiro atoms. The second kappa shape index (κ2) is 5.16. The van der Waals surface area contributed by atoms with Gasteiger partial charge >= 0.3 is 0 Å². The normalized spacial score (nSPS) is 16.8. The zero-order valence-corrected chi connectivity index (χ0v) is 10.5. The Hall–Kier alpha value is -0.910. The molecule has 3 N–H and O–H groups in total. The van der Waals surface area contributed by atoms with Crippen molar-refractivity contribution >= 4 is 10.0 Å². The summed E-state index contributed by atoms with van der Waals surface area (Å²) in [6.07, 6.45) is 3.04. The van der Waals surface area contributed by atoms with E-state index in [1.807, 2.05) is 24.3 Å². The Morgan fingerprint density at radius 2 is 2.00 bits per heavy atom. The van der Waals surface area contributed by atoms with E-state index in [4.69, 9.17) is 5.73 Å². The summed E-state index contributed by atoms with van der Waals surface area (Å²) in [7, 11) is -3.21. The zero-order chi connectivity index (χ0) is 12.3. The average Bonchev–Trinajstić information content (AvgIpc) is 2.23. The van der Waals surface area contributed by atoms with Gasteiger partial charge in [0.2, 0.25) is 10.0 Å². The topological polar surface area (TPSA) is 72.2 Å². The lowest BCUT2D eigenvalue weighted by Gasteiger charge is -2.26. The minimum atomic E-state index is -3.21. The Labute approximate surface area is 102 Å². The van der Waals surface area contributed by atoms with Gasteiger partial charge in [-0.1, -0.05) is 30.7 Å². The van der Waals surface area contributed by atoms with Crippen molar-refractivity contribution in [1.29, 1.82) is 0 Å². The summed E-state index contributed by atoms with van der Waals surface area (Å²) in [6, 6.07) is 7.56. The maximum absolute atomic E-state index is 11.9. The van der Waals surface area contributed by atoms with Gasteiger partial charge in [-0.2, -0.15) is 0 Å². The van der Waals surface area contributed by atoms with Crippen LogP contribution in [0.4, 0.5) is 0 Å². The SMILES string of the molecule is NCc1cccc(CS(=O)(=O)NC2CCC2)c1. The predicted molar refractivity (Wildman–Crippen MR) is 67.7 cm³/mol. The molecule has 17 heavy (non-hydrogen) atoms. The molecule has 4 nitrogen and oxygen atoms in total. The van der Waals surface area contributed by atoms with Crippen LogP contribution in [0.2, 0.25) is 0 Å². The molecule has 0 bridgehead atoms. The Morgan fingerprint density at radius 3 is 2.59 bits per heavy atom. The van der Waals surface area contributed by atoms with E-state index in [0.29, 0.717) is 6.54 Å². The van der Waals surface area contributed by atoms with Gasteiger partial charge in [-0.05, 0) is 24.0 Å². The molecule has 1 aromatic rings. The minimum Gasteiger partial charge on any atom is -0.326 e. The first-order valence-corrected chi connectivity index (χ1v) is 7.52. The quantitative estimate of drug-likeness (QED) is 0.827. The molecular weight excluding hydrogens is 236 g/mol. The molecule has 0 heterocycles. The summed E-state index contributed by atoms with van der Waals surface area (Å²) in [4.78, 5) is 0. The van der Waals surface area contributed by atoms with Gasteiger partial charge in [0.25, 0.3) is 0 Å². The van der Waals surface area contributed by atoms with Crippen molar-refractivity contribution < 1.29 is 8.42 Å². The Bertz CT molecular complexity index is 481. The van der Waals surface area contributed by atoms with Crippen molar-refractivity contribution in [2.75, 3.05) is 0 Å². The highest BCUT2D eigenvalue weighted by molar-refractivity contribution is 7.88. The van der Waals surface area contributed by atoms with E-state index in [1.165, 1.54) is 0 Å². The van der Waals surface area contributed by atoms with Crippen LogP contribution in [0.5, 0.6) is 0 Å². The largest absolute Gasteiger partial charge is 0.326 e. The molecule has 1 aliphatic rings. The fourth-order valence-corrected chi connectivity index (χ4v) is 3.33. The van der Waals surface area contributed by atoms with Crippen LogP contribution >= 0.6 is 0 Å². The number of hydrogen-bond acceptors (Lipinski definition) is 3. The number of rotatable bonds is 5. The summed E-state index contributed by atoms with van der Waals surface area (Å²) in [6.45, 7) is 0.434. The van der Waals surface area contributed by atoms with Crippen LogP contribution in [-0.4, -0.2) is 14.5 Å². The van der Waals surface area contributed by atoms with Gasteiger partial charge in [0.05, 0.1) is 5.75 Å². The predicted octanol–water partition coefficient (Wildman–Crippen LogP) is 1.12. The molecule has 2 rings (SSSR count). The first-order valence-electron chi connectivity index (χ1n) is 5.87. The molecule has 94 valence electrons. The van der Waals surface area contributed by atoms with Crippen LogP contribution in [0.1, 0.15) is 30.4 Å². The molecule has 1 fully saturated rings. The van der Waals surface area contributed by atoms with Gasteiger partial charge < -0.3 is 5.73 Å². The lowest BCUT2D eigenvalue weighted by Crippen LogP contribution is -2.40. The van der Waals surface area contributed by atoms with Crippen molar-refractivity contribution in [2.24, 2.45) is 5.73 Å². The molecule has 0 radical (unpaired) electrons. The van der Waals surface area contributed by atoms with E-state index in [2.05, 4.69) is 4.72 Å². The standard InChI is InChI=1S/C12H18N2O2S/c13-8-10-3-1-4-11(7-10)9-17(15,16)14-12-5-2-6-12/h1,3-4,7,12,14H,2,5-6,8-9,13H2. The summed E-state index contributed by atoms with van der Waals surface area (Å²) in [5.74, 6) is 0.0390. The molecule has 5 heteroatoms. The third kappa shape index (κ3) is 3.52. The van der Waals surface area contributed by atoms with Crippen LogP contribution in [-0.2, 0) is 22.3 Å². The molecule has 0 aliphatic heterocycles. The summed E-state index contributed by atoms with van der Waals surface area (Å²) in [5.41, 5.74) is 7.28. The lowest BCUT2D eigenvalue weighted by atomic mass is 9.94. The van der Waals surface area contributed by atoms with Gasteiger partial charge in [0.1, 0.15) is 0 Å². The van der Waals surface area contributed by atoms with Crippen LogP contribution in [0.25, 0.3) is 0 Å². The van der Waals surface area contributed by atoms with E-state index in [9.17, 15) is 8.42 Å². The summed E-state index contributed by atoms with van der Waals surface area (Å²) in [5, 5.41) is 0. The third-order valence-electron chi connectivity index (χ3n) is 3.04. The highest BCUT2D eigenvalue weighted by Gasteiger charge is 2.23. The van der Waals surface area contributed by atoms with Crippen molar-refractivity contribution in [1.82, 2.24) is 4.72 Å². The molecule has 0 aromatic heterocycles. The second-order valence-electron chi connectivity index (χ2n) is 4.53. The molecule has 0 unspecified atom stereocenters. The lowest BCUT2D eigenvalue weighted by molar-refractivity contribution is 0.383. The van der Waals surface area contributed by atoms with E-state index in [1.54, 1.807) is 0 Å². The van der Waals surface area contributed by atoms with Gasteiger partial charge in [0.15, 0.2) is 0 Å². The van der Waals surface area contributed by atoms with Crippen LogP contribution in [0.3, 0.4) is 0 Å². The Balaban J connectivity index is 2.02. The maximum Gasteiger partial charge on any atom is 0.216 e. The van der Waals surface area contributed by atoms with E-state index < -0.39 is 10.0 Å². The van der Waals surface area contributed by atoms with E-state index in [-0.39, 0.29) is 11.8 Å². The number of nitrogens with two attached hydrogens (primary N) is 1. The molecule has 1 saturated carbocycles.